The van der Waals surface area contributed by atoms with Gasteiger partial charge in [0.05, 0.1) is 10.9 Å². The van der Waals surface area contributed by atoms with E-state index in [0.717, 1.165) is 37.3 Å². The van der Waals surface area contributed by atoms with Crippen LogP contribution in [0.2, 0.25) is 0 Å². The predicted octanol–water partition coefficient (Wildman–Crippen LogP) is 2.05. The van der Waals surface area contributed by atoms with E-state index in [9.17, 15) is 13.5 Å². The maximum atomic E-state index is 11.7. The van der Waals surface area contributed by atoms with Crippen molar-refractivity contribution in [2.45, 2.75) is 35.8 Å². The highest BCUT2D eigenvalue weighted by Crippen LogP contribution is 2.38. The first-order valence-electron chi connectivity index (χ1n) is 9.81. The lowest BCUT2D eigenvalue weighted by Gasteiger charge is -2.49. The lowest BCUT2D eigenvalue weighted by molar-refractivity contribution is -0.0603. The van der Waals surface area contributed by atoms with Crippen LogP contribution in [0.3, 0.4) is 0 Å². The number of rotatable bonds is 4. The molecule has 6 nitrogen and oxygen atoms in total. The van der Waals surface area contributed by atoms with Crippen molar-refractivity contribution < 1.29 is 13.5 Å². The molecule has 0 unspecified atom stereocenters. The highest BCUT2D eigenvalue weighted by Gasteiger charge is 2.46. The van der Waals surface area contributed by atoms with Crippen LogP contribution in [0.5, 0.6) is 0 Å². The van der Waals surface area contributed by atoms with Crippen LogP contribution in [-0.2, 0) is 15.4 Å². The summed E-state index contributed by atoms with van der Waals surface area (Å²) in [6.07, 6.45) is 5.53. The molecule has 3 heterocycles. The van der Waals surface area contributed by atoms with Crippen LogP contribution in [-0.4, -0.2) is 61.9 Å². The zero-order valence-electron chi connectivity index (χ0n) is 16.2. The molecule has 0 spiro atoms. The average Bonchev–Trinajstić information content (AvgIpc) is 3.23. The summed E-state index contributed by atoms with van der Waals surface area (Å²) in [6.45, 7) is 3.32. The molecule has 28 heavy (non-hydrogen) atoms. The molecule has 7 heteroatoms. The Balaban J connectivity index is 1.62. The summed E-state index contributed by atoms with van der Waals surface area (Å²) in [6, 6.07) is 13.3. The fraction of sp³-hybridized carbons (Fsp3) is 0.476. The lowest BCUT2D eigenvalue weighted by atomic mass is 9.79. The van der Waals surface area contributed by atoms with Crippen LogP contribution in [0.15, 0.2) is 53.6 Å². The first-order chi connectivity index (χ1) is 13.4. The van der Waals surface area contributed by atoms with Crippen LogP contribution < -0.4 is 4.90 Å². The van der Waals surface area contributed by atoms with Gasteiger partial charge in [0.2, 0.25) is 0 Å². The maximum Gasteiger partial charge on any atom is 0.177 e. The zero-order chi connectivity index (χ0) is 19.8. The van der Waals surface area contributed by atoms with E-state index in [1.54, 1.807) is 12.1 Å². The van der Waals surface area contributed by atoms with Gasteiger partial charge in [0.25, 0.3) is 0 Å². The fourth-order valence-corrected chi connectivity index (χ4v) is 5.00. The van der Waals surface area contributed by atoms with E-state index in [1.165, 1.54) is 12.5 Å². The van der Waals surface area contributed by atoms with Crippen molar-refractivity contribution in [2.24, 2.45) is 0 Å². The average molecular weight is 402 g/mol. The Morgan fingerprint density at radius 1 is 1.07 bits per heavy atom. The molecular formula is C21H27N3O3S. The Bertz CT molecular complexity index is 912. The minimum absolute atomic E-state index is 0.0254. The van der Waals surface area contributed by atoms with Gasteiger partial charge in [-0.25, -0.2) is 13.4 Å². The smallest absolute Gasteiger partial charge is 0.177 e. The van der Waals surface area contributed by atoms with Crippen LogP contribution in [0, 0.1) is 0 Å². The normalized spacial score (nSPS) is 26.5. The van der Waals surface area contributed by atoms with Gasteiger partial charge >= 0.3 is 0 Å². The molecule has 2 aromatic rings. The minimum atomic E-state index is -3.26. The van der Waals surface area contributed by atoms with Crippen molar-refractivity contribution in [1.82, 2.24) is 9.88 Å². The third-order valence-corrected chi connectivity index (χ3v) is 7.13. The first-order valence-corrected chi connectivity index (χ1v) is 11.7. The van der Waals surface area contributed by atoms with Gasteiger partial charge in [-0.2, -0.15) is 0 Å². The van der Waals surface area contributed by atoms with Crippen LogP contribution in [0.1, 0.15) is 24.8 Å². The molecule has 1 N–H and O–H groups in total. The number of piperidine rings is 1. The zero-order valence-corrected chi connectivity index (χ0v) is 17.0. The lowest BCUT2D eigenvalue weighted by Crippen LogP contribution is -2.60. The minimum Gasteiger partial charge on any atom is -0.383 e. The first kappa shape index (κ1) is 19.4. The Hall–Kier alpha value is -1.96. The van der Waals surface area contributed by atoms with Crippen molar-refractivity contribution in [1.29, 1.82) is 0 Å². The van der Waals surface area contributed by atoms with Crippen molar-refractivity contribution in [3.8, 4) is 0 Å². The topological polar surface area (TPSA) is 73.7 Å². The number of likely N-dealkylation sites (tertiary alicyclic amines) is 1. The molecule has 2 saturated heterocycles. The van der Waals surface area contributed by atoms with Crippen LogP contribution in [0.4, 0.5) is 5.82 Å². The van der Waals surface area contributed by atoms with Gasteiger partial charge in [-0.15, -0.1) is 0 Å². The van der Waals surface area contributed by atoms with Crippen molar-refractivity contribution in [3.63, 3.8) is 0 Å². The second-order valence-electron chi connectivity index (χ2n) is 7.87. The summed E-state index contributed by atoms with van der Waals surface area (Å²) in [4.78, 5) is 9.18. The number of aliphatic hydroxyl groups is 1. The van der Waals surface area contributed by atoms with Crippen molar-refractivity contribution in [3.05, 3.63) is 54.2 Å². The number of aromatic nitrogens is 1. The summed E-state index contributed by atoms with van der Waals surface area (Å²) in [5, 5.41) is 11.7. The third kappa shape index (κ3) is 3.66. The van der Waals surface area contributed by atoms with Crippen molar-refractivity contribution in [2.75, 3.05) is 37.3 Å². The predicted molar refractivity (Wildman–Crippen MR) is 109 cm³/mol. The highest BCUT2D eigenvalue weighted by atomic mass is 32.2. The monoisotopic (exact) mass is 401 g/mol. The molecule has 0 saturated carbocycles. The van der Waals surface area contributed by atoms with E-state index >= 15 is 0 Å². The number of sulfone groups is 1. The number of hydrogen-bond acceptors (Lipinski definition) is 6. The van der Waals surface area contributed by atoms with Gasteiger partial charge in [0, 0.05) is 25.5 Å². The van der Waals surface area contributed by atoms with Gasteiger partial charge in [0.1, 0.15) is 11.4 Å². The molecule has 150 valence electrons. The summed E-state index contributed by atoms with van der Waals surface area (Å²) in [5.41, 5.74) is 0.0707. The number of hydrogen-bond donors (Lipinski definition) is 1. The summed E-state index contributed by atoms with van der Waals surface area (Å²) in [5.74, 6) is 0.756. The second-order valence-corrected chi connectivity index (χ2v) is 9.89. The molecule has 2 atom stereocenters. The molecule has 0 amide bonds. The van der Waals surface area contributed by atoms with Crippen LogP contribution in [0.25, 0.3) is 0 Å². The SMILES string of the molecule is CS(=O)(=O)c1ccc(N2CC[C@](O)(c3ccccc3)[C@H](N3CCCC3)C2)nc1. The van der Waals surface area contributed by atoms with E-state index in [1.807, 2.05) is 30.3 Å². The van der Waals surface area contributed by atoms with Crippen LogP contribution >= 0.6 is 0 Å². The van der Waals surface area contributed by atoms with Gasteiger partial charge in [-0.05, 0) is 50.0 Å². The van der Waals surface area contributed by atoms with Gasteiger partial charge in [0.15, 0.2) is 9.84 Å². The number of anilines is 1. The van der Waals surface area contributed by atoms with E-state index in [0.29, 0.717) is 19.5 Å². The van der Waals surface area contributed by atoms with E-state index < -0.39 is 15.4 Å². The molecule has 4 rings (SSSR count). The van der Waals surface area contributed by atoms with Gasteiger partial charge in [-0.1, -0.05) is 30.3 Å². The summed E-state index contributed by atoms with van der Waals surface area (Å²) < 4.78 is 23.4. The van der Waals surface area contributed by atoms with E-state index in [-0.39, 0.29) is 10.9 Å². The number of pyridine rings is 1. The molecular weight excluding hydrogens is 374 g/mol. The number of nitrogens with zero attached hydrogens (tertiary/aromatic N) is 3. The Kier molecular flexibility index (Phi) is 5.16. The Morgan fingerprint density at radius 2 is 1.79 bits per heavy atom. The quantitative estimate of drug-likeness (QED) is 0.845. The molecule has 2 fully saturated rings. The maximum absolute atomic E-state index is 11.7. The third-order valence-electron chi connectivity index (χ3n) is 6.04. The molecule has 0 bridgehead atoms. The Morgan fingerprint density at radius 3 is 2.39 bits per heavy atom. The second kappa shape index (κ2) is 7.46. The standard InChI is InChI=1S/C21H27N3O3S/c1-28(26,27)18-9-10-20(22-15-18)24-14-11-21(25,17-7-3-2-4-8-17)19(16-24)23-12-5-6-13-23/h2-4,7-10,15,19,25H,5-6,11-14,16H2,1H3/t19-,21+/m1/s1. The molecule has 2 aliphatic heterocycles. The van der Waals surface area contributed by atoms with E-state index in [4.69, 9.17) is 0 Å². The fourth-order valence-electron chi connectivity index (χ4n) is 4.44. The number of benzene rings is 1. The molecule has 1 aromatic carbocycles. The van der Waals surface area contributed by atoms with E-state index in [2.05, 4.69) is 14.8 Å². The molecule has 0 radical (unpaired) electrons. The summed E-state index contributed by atoms with van der Waals surface area (Å²) in [7, 11) is -3.26. The molecule has 1 aromatic heterocycles. The summed E-state index contributed by atoms with van der Waals surface area (Å²) >= 11 is 0. The largest absolute Gasteiger partial charge is 0.383 e. The van der Waals surface area contributed by atoms with Crippen molar-refractivity contribution >= 4 is 15.7 Å². The Labute approximate surface area is 166 Å². The molecule has 0 aliphatic carbocycles. The van der Waals surface area contributed by atoms with Gasteiger partial charge < -0.3 is 10.0 Å². The van der Waals surface area contributed by atoms with Gasteiger partial charge in [-0.3, -0.25) is 4.90 Å². The highest BCUT2D eigenvalue weighted by molar-refractivity contribution is 7.90. The molecule has 2 aliphatic rings.